The number of hydrogen-bond acceptors (Lipinski definition) is 5. The summed E-state index contributed by atoms with van der Waals surface area (Å²) in [6.07, 6.45) is -0.554. The van der Waals surface area contributed by atoms with Crippen molar-refractivity contribution < 1.29 is 14.3 Å². The van der Waals surface area contributed by atoms with Gasteiger partial charge in [0.2, 0.25) is 6.10 Å². The van der Waals surface area contributed by atoms with E-state index < -0.39 is 6.10 Å². The van der Waals surface area contributed by atoms with Crippen LogP contribution in [0.5, 0.6) is 11.5 Å². The molecule has 0 bridgehead atoms. The van der Waals surface area contributed by atoms with E-state index in [4.69, 9.17) is 21.1 Å². The maximum Gasteiger partial charge on any atom is 0.267 e. The Hall–Kier alpha value is -1.89. The van der Waals surface area contributed by atoms with Gasteiger partial charge in [0.25, 0.3) is 5.91 Å². The lowest BCUT2D eigenvalue weighted by molar-refractivity contribution is -0.142. The van der Waals surface area contributed by atoms with Crippen LogP contribution in [0.25, 0.3) is 0 Å². The van der Waals surface area contributed by atoms with Crippen molar-refractivity contribution >= 4 is 29.3 Å². The number of carbonyl (C=O) groups is 1. The molecule has 2 aliphatic heterocycles. The summed E-state index contributed by atoms with van der Waals surface area (Å²) in [4.78, 5) is 18.3. The molecular formula is C21H23ClN2O3S. The number of thioether (sulfide) groups is 1. The van der Waals surface area contributed by atoms with Crippen molar-refractivity contribution in [1.29, 1.82) is 0 Å². The highest BCUT2D eigenvalue weighted by Gasteiger charge is 2.32. The number of rotatable bonds is 5. The van der Waals surface area contributed by atoms with Gasteiger partial charge in [-0.05, 0) is 36.4 Å². The lowest BCUT2D eigenvalue weighted by atomic mass is 10.2. The Morgan fingerprint density at radius 2 is 1.75 bits per heavy atom. The zero-order chi connectivity index (χ0) is 19.3. The summed E-state index contributed by atoms with van der Waals surface area (Å²) in [6.45, 7) is 4.51. The van der Waals surface area contributed by atoms with Crippen LogP contribution in [-0.4, -0.2) is 66.9 Å². The third-order valence-corrected chi connectivity index (χ3v) is 6.20. The molecule has 0 aromatic heterocycles. The quantitative estimate of drug-likeness (QED) is 0.696. The lowest BCUT2D eigenvalue weighted by Crippen LogP contribution is -2.54. The Bertz CT molecular complexity index is 810. The third kappa shape index (κ3) is 4.74. The maximum atomic E-state index is 12.8. The van der Waals surface area contributed by atoms with Gasteiger partial charge >= 0.3 is 0 Å². The molecule has 4 rings (SSSR count). The molecule has 2 aromatic rings. The van der Waals surface area contributed by atoms with Crippen LogP contribution in [0.1, 0.15) is 0 Å². The van der Waals surface area contributed by atoms with Gasteiger partial charge in [0.1, 0.15) is 6.61 Å². The van der Waals surface area contributed by atoms with Gasteiger partial charge in [0, 0.05) is 48.4 Å². The minimum absolute atomic E-state index is 0.0182. The minimum atomic E-state index is -0.554. The molecule has 1 atom stereocenters. The summed E-state index contributed by atoms with van der Waals surface area (Å²) in [5.74, 6) is 2.38. The molecule has 0 radical (unpaired) electrons. The Labute approximate surface area is 174 Å². The summed E-state index contributed by atoms with van der Waals surface area (Å²) in [5, 5.41) is 0.765. The number of hydrogen-bond donors (Lipinski definition) is 0. The second kappa shape index (κ2) is 9.07. The fourth-order valence-corrected chi connectivity index (χ4v) is 4.40. The van der Waals surface area contributed by atoms with Crippen LogP contribution in [0, 0.1) is 0 Å². The third-order valence-electron chi connectivity index (χ3n) is 4.96. The van der Waals surface area contributed by atoms with E-state index in [1.165, 1.54) is 4.90 Å². The van der Waals surface area contributed by atoms with E-state index in [1.54, 1.807) is 0 Å². The average molecular weight is 419 g/mol. The van der Waals surface area contributed by atoms with Crippen molar-refractivity contribution in [2.45, 2.75) is 11.0 Å². The molecule has 1 fully saturated rings. The van der Waals surface area contributed by atoms with Gasteiger partial charge in [-0.15, -0.1) is 11.8 Å². The molecule has 2 heterocycles. The molecular weight excluding hydrogens is 396 g/mol. The number of halogens is 1. The second-order valence-corrected chi connectivity index (χ2v) is 8.44. The SMILES string of the molecule is O=C([C@H]1COc2ccccc2O1)N1CCN(CCSc2ccc(Cl)cc2)CC1. The van der Waals surface area contributed by atoms with Crippen molar-refractivity contribution in [2.75, 3.05) is 45.1 Å². The van der Waals surface area contributed by atoms with E-state index in [-0.39, 0.29) is 12.5 Å². The van der Waals surface area contributed by atoms with Gasteiger partial charge in [0.15, 0.2) is 11.5 Å². The summed E-state index contributed by atoms with van der Waals surface area (Å²) in [6, 6.07) is 15.4. The molecule has 0 aliphatic carbocycles. The molecule has 5 nitrogen and oxygen atoms in total. The first-order valence-corrected chi connectivity index (χ1v) is 10.8. The van der Waals surface area contributed by atoms with Gasteiger partial charge in [-0.3, -0.25) is 9.69 Å². The fourth-order valence-electron chi connectivity index (χ4n) is 3.36. The molecule has 28 heavy (non-hydrogen) atoms. The normalized spacial score (nSPS) is 19.5. The molecule has 1 saturated heterocycles. The van der Waals surface area contributed by atoms with Gasteiger partial charge in [-0.25, -0.2) is 0 Å². The van der Waals surface area contributed by atoms with Crippen molar-refractivity contribution in [2.24, 2.45) is 0 Å². The van der Waals surface area contributed by atoms with Crippen LogP contribution in [0.3, 0.4) is 0 Å². The highest BCUT2D eigenvalue weighted by Crippen LogP contribution is 2.31. The molecule has 148 valence electrons. The number of amides is 1. The van der Waals surface area contributed by atoms with Crippen LogP contribution in [0.2, 0.25) is 5.02 Å². The predicted molar refractivity (Wildman–Crippen MR) is 112 cm³/mol. The first kappa shape index (κ1) is 19.4. The highest BCUT2D eigenvalue weighted by molar-refractivity contribution is 7.99. The number of ether oxygens (including phenoxy) is 2. The first-order valence-electron chi connectivity index (χ1n) is 9.47. The Morgan fingerprint density at radius 1 is 1.04 bits per heavy atom. The number of benzene rings is 2. The van der Waals surface area contributed by atoms with Crippen molar-refractivity contribution in [1.82, 2.24) is 9.80 Å². The van der Waals surface area contributed by atoms with Crippen LogP contribution < -0.4 is 9.47 Å². The number of piperazine rings is 1. The van der Waals surface area contributed by atoms with E-state index in [2.05, 4.69) is 4.90 Å². The Balaban J connectivity index is 1.21. The summed E-state index contributed by atoms with van der Waals surface area (Å²) < 4.78 is 11.5. The summed E-state index contributed by atoms with van der Waals surface area (Å²) >= 11 is 7.75. The zero-order valence-corrected chi connectivity index (χ0v) is 17.1. The van der Waals surface area contributed by atoms with E-state index in [0.717, 1.165) is 43.5 Å². The minimum Gasteiger partial charge on any atom is -0.485 e. The topological polar surface area (TPSA) is 42.0 Å². The fraction of sp³-hybridized carbons (Fsp3) is 0.381. The number of para-hydroxylation sites is 2. The summed E-state index contributed by atoms with van der Waals surface area (Å²) in [7, 11) is 0. The number of carbonyl (C=O) groups excluding carboxylic acids is 1. The first-order chi connectivity index (χ1) is 13.7. The zero-order valence-electron chi connectivity index (χ0n) is 15.6. The Kier molecular flexibility index (Phi) is 6.29. The van der Waals surface area contributed by atoms with Gasteiger partial charge in [-0.2, -0.15) is 0 Å². The van der Waals surface area contributed by atoms with Crippen molar-refractivity contribution in [3.63, 3.8) is 0 Å². The van der Waals surface area contributed by atoms with Crippen LogP contribution in [-0.2, 0) is 4.79 Å². The number of fused-ring (bicyclic) bond motifs is 1. The van der Waals surface area contributed by atoms with E-state index in [9.17, 15) is 4.79 Å². The molecule has 7 heteroatoms. The van der Waals surface area contributed by atoms with Gasteiger partial charge in [-0.1, -0.05) is 23.7 Å². The van der Waals surface area contributed by atoms with Crippen molar-refractivity contribution in [3.05, 3.63) is 53.6 Å². The predicted octanol–water partition coefficient (Wildman–Crippen LogP) is 3.42. The highest BCUT2D eigenvalue weighted by atomic mass is 35.5. The molecule has 0 saturated carbocycles. The molecule has 0 unspecified atom stereocenters. The van der Waals surface area contributed by atoms with Gasteiger partial charge < -0.3 is 14.4 Å². The molecule has 0 spiro atoms. The molecule has 1 amide bonds. The van der Waals surface area contributed by atoms with Gasteiger partial charge in [0.05, 0.1) is 0 Å². The van der Waals surface area contributed by atoms with E-state index in [1.807, 2.05) is 65.2 Å². The molecule has 2 aliphatic rings. The van der Waals surface area contributed by atoms with Crippen molar-refractivity contribution in [3.8, 4) is 11.5 Å². The maximum absolute atomic E-state index is 12.8. The average Bonchev–Trinajstić information content (AvgIpc) is 2.75. The second-order valence-electron chi connectivity index (χ2n) is 6.83. The Morgan fingerprint density at radius 3 is 2.50 bits per heavy atom. The van der Waals surface area contributed by atoms with E-state index >= 15 is 0 Å². The monoisotopic (exact) mass is 418 g/mol. The largest absolute Gasteiger partial charge is 0.485 e. The van der Waals surface area contributed by atoms with Crippen LogP contribution in [0.4, 0.5) is 0 Å². The summed E-state index contributed by atoms with van der Waals surface area (Å²) in [5.41, 5.74) is 0. The van der Waals surface area contributed by atoms with Crippen LogP contribution in [0.15, 0.2) is 53.4 Å². The van der Waals surface area contributed by atoms with Crippen LogP contribution >= 0.6 is 23.4 Å². The molecule has 0 N–H and O–H groups in total. The smallest absolute Gasteiger partial charge is 0.267 e. The standard InChI is InChI=1S/C21H23ClN2O3S/c22-16-5-7-17(8-6-16)28-14-13-23-9-11-24(12-10-23)21(25)20-15-26-18-3-1-2-4-19(18)27-20/h1-8,20H,9-15H2/t20-/m1/s1. The molecule has 2 aromatic carbocycles. The lowest BCUT2D eigenvalue weighted by Gasteiger charge is -2.37. The van der Waals surface area contributed by atoms with E-state index in [0.29, 0.717) is 11.5 Å². The number of nitrogens with zero attached hydrogens (tertiary/aromatic N) is 2.